The van der Waals surface area contributed by atoms with Crippen LogP contribution >= 0.6 is 15.9 Å². The second-order valence-corrected chi connectivity index (χ2v) is 5.88. The summed E-state index contributed by atoms with van der Waals surface area (Å²) in [7, 11) is 0. The molecule has 1 aliphatic rings. The van der Waals surface area contributed by atoms with Gasteiger partial charge in [-0.2, -0.15) is 0 Å². The molecule has 1 saturated heterocycles. The maximum atomic E-state index is 10.2. The molecule has 0 aliphatic carbocycles. The molecule has 3 heteroatoms. The highest BCUT2D eigenvalue weighted by atomic mass is 79.9. The second-order valence-electron chi connectivity index (χ2n) is 5.02. The number of benzene rings is 1. The van der Waals surface area contributed by atoms with E-state index in [1.54, 1.807) is 0 Å². The van der Waals surface area contributed by atoms with E-state index in [2.05, 4.69) is 34.2 Å². The standard InChI is InChI=1S/C14H20BrNO/c1-9-7-13(15)10(2)14(17)12(9)8-11-3-5-16-6-4-11/h7,11,16-17H,3-6,8H2,1-2H3. The summed E-state index contributed by atoms with van der Waals surface area (Å²) >= 11 is 3.49. The van der Waals surface area contributed by atoms with E-state index in [4.69, 9.17) is 0 Å². The highest BCUT2D eigenvalue weighted by Crippen LogP contribution is 2.34. The average molecular weight is 298 g/mol. The van der Waals surface area contributed by atoms with Gasteiger partial charge in [0.15, 0.2) is 0 Å². The first-order valence-corrected chi connectivity index (χ1v) is 7.07. The number of phenols is 1. The van der Waals surface area contributed by atoms with Gasteiger partial charge >= 0.3 is 0 Å². The second kappa shape index (κ2) is 5.40. The summed E-state index contributed by atoms with van der Waals surface area (Å²) in [6.45, 7) is 6.27. The van der Waals surface area contributed by atoms with Crippen molar-refractivity contribution < 1.29 is 5.11 Å². The van der Waals surface area contributed by atoms with Crippen molar-refractivity contribution in [3.05, 3.63) is 27.2 Å². The first-order chi connectivity index (χ1) is 8.09. The summed E-state index contributed by atoms with van der Waals surface area (Å²) in [5.41, 5.74) is 3.29. The van der Waals surface area contributed by atoms with Crippen molar-refractivity contribution in [3.8, 4) is 5.75 Å². The van der Waals surface area contributed by atoms with Crippen molar-refractivity contribution in [2.24, 2.45) is 5.92 Å². The van der Waals surface area contributed by atoms with Crippen LogP contribution in [0.3, 0.4) is 0 Å². The Bertz CT molecular complexity index is 411. The molecule has 0 saturated carbocycles. The molecule has 1 aromatic carbocycles. The van der Waals surface area contributed by atoms with Crippen LogP contribution in [0.15, 0.2) is 10.5 Å². The smallest absolute Gasteiger partial charge is 0.123 e. The third-order valence-electron chi connectivity index (χ3n) is 3.77. The van der Waals surface area contributed by atoms with Gasteiger partial charge in [-0.25, -0.2) is 0 Å². The van der Waals surface area contributed by atoms with Crippen LogP contribution in [0.2, 0.25) is 0 Å². The van der Waals surface area contributed by atoms with Gasteiger partial charge in [0, 0.05) is 10.0 Å². The number of nitrogens with one attached hydrogen (secondary N) is 1. The SMILES string of the molecule is Cc1cc(Br)c(C)c(O)c1CC1CCNCC1. The molecular formula is C14H20BrNO. The molecule has 2 rings (SSSR count). The maximum absolute atomic E-state index is 10.2. The van der Waals surface area contributed by atoms with Gasteiger partial charge in [0.1, 0.15) is 5.75 Å². The van der Waals surface area contributed by atoms with Crippen LogP contribution in [0.25, 0.3) is 0 Å². The Morgan fingerprint density at radius 3 is 2.65 bits per heavy atom. The minimum absolute atomic E-state index is 0.482. The molecule has 1 heterocycles. The van der Waals surface area contributed by atoms with Crippen molar-refractivity contribution in [3.63, 3.8) is 0 Å². The van der Waals surface area contributed by atoms with E-state index < -0.39 is 0 Å². The first-order valence-electron chi connectivity index (χ1n) is 6.28. The molecule has 17 heavy (non-hydrogen) atoms. The van der Waals surface area contributed by atoms with Gasteiger partial charge in [-0.3, -0.25) is 0 Å². The largest absolute Gasteiger partial charge is 0.507 e. The molecule has 94 valence electrons. The first kappa shape index (κ1) is 12.9. The normalized spacial score (nSPS) is 17.4. The number of hydrogen-bond donors (Lipinski definition) is 2. The molecule has 0 aromatic heterocycles. The molecule has 0 amide bonds. The monoisotopic (exact) mass is 297 g/mol. The lowest BCUT2D eigenvalue weighted by Crippen LogP contribution is -2.28. The maximum Gasteiger partial charge on any atom is 0.123 e. The highest BCUT2D eigenvalue weighted by molar-refractivity contribution is 9.10. The quantitative estimate of drug-likeness (QED) is 0.878. The highest BCUT2D eigenvalue weighted by Gasteiger charge is 2.18. The van der Waals surface area contributed by atoms with E-state index in [0.717, 1.165) is 35.1 Å². The summed E-state index contributed by atoms with van der Waals surface area (Å²) in [5.74, 6) is 1.19. The molecule has 1 fully saturated rings. The lowest BCUT2D eigenvalue weighted by molar-refractivity contribution is 0.365. The molecule has 0 spiro atoms. The van der Waals surface area contributed by atoms with Gasteiger partial charge in [-0.05, 0) is 69.3 Å². The molecule has 0 atom stereocenters. The van der Waals surface area contributed by atoms with E-state index in [-0.39, 0.29) is 0 Å². The van der Waals surface area contributed by atoms with Gasteiger partial charge in [0.2, 0.25) is 0 Å². The molecule has 0 radical (unpaired) electrons. The number of halogens is 1. The Morgan fingerprint density at radius 2 is 2.00 bits per heavy atom. The number of piperidine rings is 1. The minimum Gasteiger partial charge on any atom is -0.507 e. The fraction of sp³-hybridized carbons (Fsp3) is 0.571. The Labute approximate surface area is 112 Å². The lowest BCUT2D eigenvalue weighted by atomic mass is 9.88. The van der Waals surface area contributed by atoms with Crippen LogP contribution in [0, 0.1) is 19.8 Å². The zero-order valence-electron chi connectivity index (χ0n) is 10.5. The molecule has 2 nitrogen and oxygen atoms in total. The molecule has 0 bridgehead atoms. The van der Waals surface area contributed by atoms with Gasteiger partial charge < -0.3 is 10.4 Å². The predicted octanol–water partition coefficient (Wildman–Crippen LogP) is 3.31. The van der Waals surface area contributed by atoms with Crippen molar-refractivity contribution in [2.75, 3.05) is 13.1 Å². The topological polar surface area (TPSA) is 32.3 Å². The van der Waals surface area contributed by atoms with Gasteiger partial charge in [0.05, 0.1) is 0 Å². The summed E-state index contributed by atoms with van der Waals surface area (Å²) in [6.07, 6.45) is 3.44. The summed E-state index contributed by atoms with van der Waals surface area (Å²) in [6, 6.07) is 2.12. The van der Waals surface area contributed by atoms with Gasteiger partial charge in [-0.1, -0.05) is 15.9 Å². The molecule has 2 N–H and O–H groups in total. The van der Waals surface area contributed by atoms with Crippen LogP contribution < -0.4 is 5.32 Å². The zero-order valence-corrected chi connectivity index (χ0v) is 12.1. The Balaban J connectivity index is 2.22. The Hall–Kier alpha value is -0.540. The van der Waals surface area contributed by atoms with E-state index in [1.165, 1.54) is 18.4 Å². The summed E-state index contributed by atoms with van der Waals surface area (Å²) < 4.78 is 1.00. The van der Waals surface area contributed by atoms with Crippen LogP contribution in [0.4, 0.5) is 0 Å². The fourth-order valence-corrected chi connectivity index (χ4v) is 3.07. The van der Waals surface area contributed by atoms with Crippen molar-refractivity contribution >= 4 is 15.9 Å². The Kier molecular flexibility index (Phi) is 4.10. The molecular weight excluding hydrogens is 278 g/mol. The predicted molar refractivity (Wildman–Crippen MR) is 74.6 cm³/mol. The van der Waals surface area contributed by atoms with E-state index >= 15 is 0 Å². The van der Waals surface area contributed by atoms with Gasteiger partial charge in [0.25, 0.3) is 0 Å². The fourth-order valence-electron chi connectivity index (χ4n) is 2.54. The lowest BCUT2D eigenvalue weighted by Gasteiger charge is -2.24. The average Bonchev–Trinajstić information content (AvgIpc) is 2.33. The third kappa shape index (κ3) is 2.83. The van der Waals surface area contributed by atoms with Crippen molar-refractivity contribution in [2.45, 2.75) is 33.1 Å². The van der Waals surface area contributed by atoms with Crippen LogP contribution in [-0.2, 0) is 6.42 Å². The minimum atomic E-state index is 0.482. The number of aromatic hydroxyl groups is 1. The number of phenolic OH excluding ortho intramolecular Hbond substituents is 1. The van der Waals surface area contributed by atoms with Crippen LogP contribution in [0.1, 0.15) is 29.5 Å². The van der Waals surface area contributed by atoms with Crippen LogP contribution in [0.5, 0.6) is 5.75 Å². The zero-order chi connectivity index (χ0) is 12.4. The molecule has 1 aliphatic heterocycles. The third-order valence-corrected chi connectivity index (χ3v) is 4.59. The molecule has 1 aromatic rings. The summed E-state index contributed by atoms with van der Waals surface area (Å²) in [5, 5.41) is 13.6. The van der Waals surface area contributed by atoms with E-state index in [0.29, 0.717) is 11.7 Å². The van der Waals surface area contributed by atoms with Crippen LogP contribution in [-0.4, -0.2) is 18.2 Å². The number of hydrogen-bond acceptors (Lipinski definition) is 2. The molecule has 0 unspecified atom stereocenters. The number of rotatable bonds is 2. The Morgan fingerprint density at radius 1 is 1.35 bits per heavy atom. The number of aryl methyl sites for hydroxylation is 1. The van der Waals surface area contributed by atoms with E-state index in [1.807, 2.05) is 6.92 Å². The van der Waals surface area contributed by atoms with Crippen molar-refractivity contribution in [1.82, 2.24) is 5.32 Å². The van der Waals surface area contributed by atoms with Crippen molar-refractivity contribution in [1.29, 1.82) is 0 Å². The van der Waals surface area contributed by atoms with Gasteiger partial charge in [-0.15, -0.1) is 0 Å². The van der Waals surface area contributed by atoms with E-state index in [9.17, 15) is 5.11 Å². The summed E-state index contributed by atoms with van der Waals surface area (Å²) in [4.78, 5) is 0.